The molecule has 158 valence electrons. The van der Waals surface area contributed by atoms with Crippen molar-refractivity contribution in [2.24, 2.45) is 10.9 Å². The molecule has 2 rings (SSSR count). The highest BCUT2D eigenvalue weighted by molar-refractivity contribution is 14.0. The highest BCUT2D eigenvalue weighted by Gasteiger charge is 2.31. The third kappa shape index (κ3) is 7.27. The minimum absolute atomic E-state index is 0. The number of hydrogen-bond acceptors (Lipinski definition) is 4. The van der Waals surface area contributed by atoms with E-state index in [0.29, 0.717) is 11.2 Å². The third-order valence-electron chi connectivity index (χ3n) is 5.34. The van der Waals surface area contributed by atoms with Crippen LogP contribution in [0.15, 0.2) is 4.99 Å². The first-order chi connectivity index (χ1) is 12.4. The van der Waals surface area contributed by atoms with Crippen molar-refractivity contribution in [3.05, 3.63) is 0 Å². The first-order valence-corrected chi connectivity index (χ1v) is 11.0. The van der Waals surface area contributed by atoms with Crippen molar-refractivity contribution in [1.29, 1.82) is 0 Å². The number of guanidine groups is 1. The summed E-state index contributed by atoms with van der Waals surface area (Å²) in [5, 5.41) is 4.22. The van der Waals surface area contributed by atoms with E-state index in [1.54, 1.807) is 4.90 Å². The Balaban J connectivity index is 0.00000364. The Bertz CT molecular complexity index is 489. The highest BCUT2D eigenvalue weighted by atomic mass is 127. The maximum atomic E-state index is 12.3. The Kier molecular flexibility index (Phi) is 11.4. The summed E-state index contributed by atoms with van der Waals surface area (Å²) in [4.78, 5) is 23.2. The van der Waals surface area contributed by atoms with Gasteiger partial charge in [0, 0.05) is 58.3 Å². The predicted molar refractivity (Wildman–Crippen MR) is 127 cm³/mol. The summed E-state index contributed by atoms with van der Waals surface area (Å²) in [5.41, 5.74) is 0. The standard InChI is InChI=1S/C19H37N5OS.HI/c1-15(2)17-14-24(12-13-26-17)19(20-3)21-9-7-11-23-10-6-8-16(23)18(25)22(4)5;/h15-17H,6-14H2,1-5H3,(H,20,21);1H. The van der Waals surface area contributed by atoms with Gasteiger partial charge in [-0.15, -0.1) is 24.0 Å². The summed E-state index contributed by atoms with van der Waals surface area (Å²) in [6.07, 6.45) is 3.15. The summed E-state index contributed by atoms with van der Waals surface area (Å²) in [6.45, 7) is 9.67. The molecular weight excluding hydrogens is 473 g/mol. The van der Waals surface area contributed by atoms with Gasteiger partial charge < -0.3 is 15.1 Å². The molecule has 27 heavy (non-hydrogen) atoms. The number of halogens is 1. The number of carbonyl (C=O) groups excluding carboxylic acids is 1. The van der Waals surface area contributed by atoms with Gasteiger partial charge in [-0.25, -0.2) is 0 Å². The maximum absolute atomic E-state index is 12.3. The van der Waals surface area contributed by atoms with E-state index in [4.69, 9.17) is 0 Å². The highest BCUT2D eigenvalue weighted by Crippen LogP contribution is 2.24. The number of amides is 1. The average molecular weight is 512 g/mol. The fourth-order valence-corrected chi connectivity index (χ4v) is 5.06. The molecule has 0 aromatic carbocycles. The van der Waals surface area contributed by atoms with Gasteiger partial charge in [0.1, 0.15) is 0 Å². The number of likely N-dealkylation sites (N-methyl/N-ethyl adjacent to an activating group) is 1. The quantitative estimate of drug-likeness (QED) is 0.257. The smallest absolute Gasteiger partial charge is 0.239 e. The molecular formula is C19H38IN5OS. The predicted octanol–water partition coefficient (Wildman–Crippen LogP) is 2.20. The third-order valence-corrected chi connectivity index (χ3v) is 6.88. The van der Waals surface area contributed by atoms with Crippen LogP contribution in [0.25, 0.3) is 0 Å². The van der Waals surface area contributed by atoms with E-state index >= 15 is 0 Å². The van der Waals surface area contributed by atoms with Crippen LogP contribution in [0.3, 0.4) is 0 Å². The van der Waals surface area contributed by atoms with Crippen molar-refractivity contribution < 1.29 is 4.79 Å². The van der Waals surface area contributed by atoms with Gasteiger partial charge >= 0.3 is 0 Å². The lowest BCUT2D eigenvalue weighted by molar-refractivity contribution is -0.133. The molecule has 1 N–H and O–H groups in total. The lowest BCUT2D eigenvalue weighted by Gasteiger charge is -2.36. The minimum atomic E-state index is 0. The molecule has 2 unspecified atom stereocenters. The van der Waals surface area contributed by atoms with Gasteiger partial charge in [0.15, 0.2) is 5.96 Å². The van der Waals surface area contributed by atoms with Crippen LogP contribution in [0.2, 0.25) is 0 Å². The van der Waals surface area contributed by atoms with Gasteiger partial charge in [-0.3, -0.25) is 14.7 Å². The summed E-state index contributed by atoms with van der Waals surface area (Å²) in [6, 6.07) is 0.0789. The van der Waals surface area contributed by atoms with Gasteiger partial charge in [0.2, 0.25) is 5.91 Å². The van der Waals surface area contributed by atoms with Crippen LogP contribution < -0.4 is 5.32 Å². The molecule has 1 amide bonds. The van der Waals surface area contributed by atoms with Crippen LogP contribution in [-0.4, -0.2) is 97.5 Å². The molecule has 0 saturated carbocycles. The molecule has 0 radical (unpaired) electrons. The van der Waals surface area contributed by atoms with Crippen LogP contribution in [0, 0.1) is 5.92 Å². The summed E-state index contributed by atoms with van der Waals surface area (Å²) in [5.74, 6) is 3.14. The number of likely N-dealkylation sites (tertiary alicyclic amines) is 1. The van der Waals surface area contributed by atoms with Crippen LogP contribution in [0.1, 0.15) is 33.1 Å². The van der Waals surface area contributed by atoms with E-state index in [0.717, 1.165) is 57.9 Å². The summed E-state index contributed by atoms with van der Waals surface area (Å²) >= 11 is 2.09. The van der Waals surface area contributed by atoms with Crippen LogP contribution in [0.4, 0.5) is 0 Å². The number of aliphatic imine (C=N–C) groups is 1. The first kappa shape index (κ1) is 24.8. The molecule has 0 aliphatic carbocycles. The molecule has 2 aliphatic heterocycles. The molecule has 0 spiro atoms. The zero-order chi connectivity index (χ0) is 19.1. The molecule has 0 aromatic heterocycles. The Hall–Kier alpha value is -0.220. The van der Waals surface area contributed by atoms with Gasteiger partial charge in [-0.2, -0.15) is 11.8 Å². The Morgan fingerprint density at radius 2 is 2.07 bits per heavy atom. The van der Waals surface area contributed by atoms with Crippen LogP contribution in [0.5, 0.6) is 0 Å². The molecule has 8 heteroatoms. The number of rotatable bonds is 6. The first-order valence-electron chi connectivity index (χ1n) is 9.96. The van der Waals surface area contributed by atoms with E-state index in [-0.39, 0.29) is 35.9 Å². The fraction of sp³-hybridized carbons (Fsp3) is 0.895. The molecule has 6 nitrogen and oxygen atoms in total. The number of carbonyl (C=O) groups is 1. The van der Waals surface area contributed by atoms with Crippen molar-refractivity contribution in [3.8, 4) is 0 Å². The average Bonchev–Trinajstić information content (AvgIpc) is 3.09. The molecule has 2 fully saturated rings. The molecule has 2 aliphatic rings. The second kappa shape index (κ2) is 12.4. The summed E-state index contributed by atoms with van der Waals surface area (Å²) < 4.78 is 0. The largest absolute Gasteiger partial charge is 0.356 e. The van der Waals surface area contributed by atoms with Crippen molar-refractivity contribution in [1.82, 2.24) is 20.0 Å². The molecule has 2 saturated heterocycles. The van der Waals surface area contributed by atoms with Crippen LogP contribution in [-0.2, 0) is 4.79 Å². The lowest BCUT2D eigenvalue weighted by atomic mass is 10.1. The van der Waals surface area contributed by atoms with E-state index in [1.165, 1.54) is 5.75 Å². The SMILES string of the molecule is CN=C(NCCCN1CCCC1C(=O)N(C)C)N1CCSC(C(C)C)C1.I. The Morgan fingerprint density at radius 3 is 2.70 bits per heavy atom. The van der Waals surface area contributed by atoms with Crippen molar-refractivity contribution >= 4 is 47.6 Å². The van der Waals surface area contributed by atoms with E-state index in [9.17, 15) is 4.79 Å². The minimum Gasteiger partial charge on any atom is -0.356 e. The van der Waals surface area contributed by atoms with Crippen molar-refractivity contribution in [3.63, 3.8) is 0 Å². The number of nitrogens with one attached hydrogen (secondary N) is 1. The van der Waals surface area contributed by atoms with Crippen LogP contribution >= 0.6 is 35.7 Å². The van der Waals surface area contributed by atoms with Crippen molar-refractivity contribution in [2.75, 3.05) is 59.6 Å². The molecule has 0 aromatic rings. The molecule has 2 atom stereocenters. The zero-order valence-corrected chi connectivity index (χ0v) is 20.8. The van der Waals surface area contributed by atoms with Crippen molar-refractivity contribution in [2.45, 2.75) is 44.4 Å². The maximum Gasteiger partial charge on any atom is 0.239 e. The Labute approximate surface area is 186 Å². The molecule has 2 heterocycles. The lowest BCUT2D eigenvalue weighted by Crippen LogP contribution is -2.49. The fourth-order valence-electron chi connectivity index (χ4n) is 3.76. The van der Waals surface area contributed by atoms with Gasteiger partial charge in [-0.1, -0.05) is 13.8 Å². The normalized spacial score (nSPS) is 24.1. The second-order valence-electron chi connectivity index (χ2n) is 7.85. The van der Waals surface area contributed by atoms with Gasteiger partial charge in [-0.05, 0) is 31.7 Å². The van der Waals surface area contributed by atoms with E-state index < -0.39 is 0 Å². The Morgan fingerprint density at radius 1 is 1.33 bits per heavy atom. The van der Waals surface area contributed by atoms with E-state index in [1.807, 2.05) is 21.1 Å². The summed E-state index contributed by atoms with van der Waals surface area (Å²) in [7, 11) is 5.58. The van der Waals surface area contributed by atoms with Gasteiger partial charge in [0.25, 0.3) is 0 Å². The molecule has 0 bridgehead atoms. The monoisotopic (exact) mass is 511 g/mol. The number of thioether (sulfide) groups is 1. The topological polar surface area (TPSA) is 51.2 Å². The second-order valence-corrected chi connectivity index (χ2v) is 9.20. The van der Waals surface area contributed by atoms with Gasteiger partial charge in [0.05, 0.1) is 6.04 Å². The number of nitrogens with zero attached hydrogens (tertiary/aromatic N) is 4. The zero-order valence-electron chi connectivity index (χ0n) is 17.6. The number of hydrogen-bond donors (Lipinski definition) is 1. The van der Waals surface area contributed by atoms with E-state index in [2.05, 4.69) is 45.7 Å².